The van der Waals surface area contributed by atoms with E-state index in [9.17, 15) is 66.7 Å². The molecule has 1 unspecified atom stereocenters. The third-order valence-corrected chi connectivity index (χ3v) is 7.71. The molecule has 50 heavy (non-hydrogen) atoms. The number of carbonyl (C=O) groups is 2. The summed E-state index contributed by atoms with van der Waals surface area (Å²) in [4.78, 5) is 30.1. The fourth-order valence-corrected chi connectivity index (χ4v) is 5.35. The van der Waals surface area contributed by atoms with E-state index in [-0.39, 0.29) is 29.5 Å². The van der Waals surface area contributed by atoms with Gasteiger partial charge < -0.3 is 28.8 Å². The standard InChI is InChI=1S/C28H19F13N2O7/c1-46-22(45)16-9-14-13-4-2-3-5-15(13)42-20(14)21(12-6-7-17-18(8-12)48-11-47-17)43(16)19(44)10-49-28(40,41)24(31,26(35,36)37)50-27(38,39)23(29,30)25(32,33)34/h2-8,16,21,42H,9-11H2,1H3/t16-,21-,24?/m1/s1. The quantitative estimate of drug-likeness (QED) is 0.196. The Labute approximate surface area is 269 Å². The second kappa shape index (κ2) is 12.1. The minimum absolute atomic E-state index is 0.0447. The Morgan fingerprint density at radius 3 is 2.12 bits per heavy atom. The zero-order valence-electron chi connectivity index (χ0n) is 24.5. The van der Waals surface area contributed by atoms with Gasteiger partial charge in [0.05, 0.1) is 13.2 Å². The first-order valence-corrected chi connectivity index (χ1v) is 13.7. The molecule has 3 atom stereocenters. The topological polar surface area (TPSA) is 99.3 Å². The van der Waals surface area contributed by atoms with Gasteiger partial charge in [-0.25, -0.2) is 4.79 Å². The molecule has 3 heterocycles. The van der Waals surface area contributed by atoms with Gasteiger partial charge in [0.1, 0.15) is 12.6 Å². The predicted molar refractivity (Wildman–Crippen MR) is 137 cm³/mol. The molecule has 1 amide bonds. The number of fused-ring (bicyclic) bond motifs is 4. The van der Waals surface area contributed by atoms with Gasteiger partial charge in [0.25, 0.3) is 0 Å². The number of nitrogens with zero attached hydrogens (tertiary/aromatic N) is 1. The van der Waals surface area contributed by atoms with Crippen LogP contribution in [0.4, 0.5) is 57.1 Å². The van der Waals surface area contributed by atoms with Crippen LogP contribution in [-0.2, 0) is 30.2 Å². The van der Waals surface area contributed by atoms with E-state index < -0.39 is 73.3 Å². The van der Waals surface area contributed by atoms with Crippen LogP contribution < -0.4 is 9.47 Å². The van der Waals surface area contributed by atoms with E-state index in [4.69, 9.17) is 14.2 Å². The molecule has 3 aromatic rings. The summed E-state index contributed by atoms with van der Waals surface area (Å²) >= 11 is 0. The molecule has 0 saturated heterocycles. The summed E-state index contributed by atoms with van der Waals surface area (Å²) < 4.78 is 197. The molecule has 274 valence electrons. The van der Waals surface area contributed by atoms with Crippen molar-refractivity contribution in [3.8, 4) is 11.5 Å². The van der Waals surface area contributed by atoms with E-state index in [1.807, 2.05) is 4.74 Å². The van der Waals surface area contributed by atoms with E-state index in [1.54, 1.807) is 24.3 Å². The first kappa shape index (κ1) is 36.8. The zero-order valence-corrected chi connectivity index (χ0v) is 24.5. The number of hydrogen-bond acceptors (Lipinski definition) is 7. The van der Waals surface area contributed by atoms with Crippen molar-refractivity contribution in [2.75, 3.05) is 20.5 Å². The maximum atomic E-state index is 14.8. The van der Waals surface area contributed by atoms with Crippen LogP contribution in [0.25, 0.3) is 10.9 Å². The number of rotatable bonds is 9. The number of methoxy groups -OCH3 is 1. The summed E-state index contributed by atoms with van der Waals surface area (Å²) in [7, 11) is 0.852. The third-order valence-electron chi connectivity index (χ3n) is 7.71. The number of amides is 1. The van der Waals surface area contributed by atoms with E-state index in [2.05, 4.69) is 9.72 Å². The minimum atomic E-state index is -7.63. The summed E-state index contributed by atoms with van der Waals surface area (Å²) in [6.07, 6.45) is -29.9. The van der Waals surface area contributed by atoms with E-state index in [0.29, 0.717) is 21.4 Å². The van der Waals surface area contributed by atoms with E-state index in [1.165, 1.54) is 18.2 Å². The van der Waals surface area contributed by atoms with Crippen molar-refractivity contribution in [1.82, 2.24) is 9.88 Å². The number of H-pyrrole nitrogens is 1. The molecule has 0 spiro atoms. The predicted octanol–water partition coefficient (Wildman–Crippen LogP) is 6.56. The summed E-state index contributed by atoms with van der Waals surface area (Å²) in [6, 6.07) is 6.96. The number of hydrogen-bond donors (Lipinski definition) is 1. The lowest BCUT2D eigenvalue weighted by molar-refractivity contribution is -0.532. The highest BCUT2D eigenvalue weighted by Gasteiger charge is 2.83. The molecule has 0 bridgehead atoms. The monoisotopic (exact) mass is 742 g/mol. The van der Waals surface area contributed by atoms with E-state index >= 15 is 0 Å². The smallest absolute Gasteiger partial charge is 0.462 e. The largest absolute Gasteiger partial charge is 0.467 e. The average molecular weight is 742 g/mol. The first-order valence-electron chi connectivity index (χ1n) is 13.7. The second-order valence-corrected chi connectivity index (χ2v) is 10.7. The number of benzene rings is 2. The van der Waals surface area contributed by atoms with Gasteiger partial charge in [-0.2, -0.15) is 57.1 Å². The zero-order chi connectivity index (χ0) is 37.2. The average Bonchev–Trinajstić information content (AvgIpc) is 3.65. The summed E-state index contributed by atoms with van der Waals surface area (Å²) in [6.45, 7) is -2.68. The number of aromatic amines is 1. The Kier molecular flexibility index (Phi) is 8.90. The Morgan fingerprint density at radius 2 is 1.50 bits per heavy atom. The van der Waals surface area contributed by atoms with Crippen LogP contribution in [0.5, 0.6) is 11.5 Å². The van der Waals surface area contributed by atoms with Gasteiger partial charge in [-0.05, 0) is 29.3 Å². The lowest BCUT2D eigenvalue weighted by Crippen LogP contribution is -2.65. The molecule has 5 rings (SSSR count). The van der Waals surface area contributed by atoms with Gasteiger partial charge in [-0.3, -0.25) is 9.53 Å². The summed E-state index contributed by atoms with van der Waals surface area (Å²) in [5.41, 5.74) is 0.946. The molecule has 0 radical (unpaired) electrons. The van der Waals surface area contributed by atoms with Crippen molar-refractivity contribution in [2.45, 2.75) is 54.9 Å². The van der Waals surface area contributed by atoms with Crippen LogP contribution in [0, 0.1) is 0 Å². The Morgan fingerprint density at radius 1 is 0.860 bits per heavy atom. The summed E-state index contributed by atoms with van der Waals surface area (Å²) in [5, 5.41) is 0.498. The molecule has 9 nitrogen and oxygen atoms in total. The van der Waals surface area contributed by atoms with Gasteiger partial charge in [0, 0.05) is 23.0 Å². The number of halogens is 13. The van der Waals surface area contributed by atoms with Crippen molar-refractivity contribution in [3.05, 3.63) is 59.3 Å². The van der Waals surface area contributed by atoms with Crippen molar-refractivity contribution in [2.24, 2.45) is 0 Å². The van der Waals surface area contributed by atoms with Crippen molar-refractivity contribution < 1.29 is 90.3 Å². The highest BCUT2D eigenvalue weighted by atomic mass is 19.4. The van der Waals surface area contributed by atoms with Crippen LogP contribution in [0.1, 0.15) is 22.9 Å². The van der Waals surface area contributed by atoms with Crippen LogP contribution >= 0.6 is 0 Å². The minimum Gasteiger partial charge on any atom is -0.467 e. The Balaban J connectivity index is 1.55. The number of ether oxygens (including phenoxy) is 5. The van der Waals surface area contributed by atoms with Crippen LogP contribution in [0.15, 0.2) is 42.5 Å². The highest BCUT2D eigenvalue weighted by molar-refractivity contribution is 5.91. The maximum absolute atomic E-state index is 14.8. The normalized spacial score (nSPS) is 19.7. The molecule has 2 aromatic carbocycles. The number of alkyl halides is 13. The lowest BCUT2D eigenvalue weighted by Gasteiger charge is -2.41. The van der Waals surface area contributed by atoms with Gasteiger partial charge >= 0.3 is 42.3 Å². The number of aromatic nitrogens is 1. The van der Waals surface area contributed by atoms with Crippen LogP contribution in [0.3, 0.4) is 0 Å². The Hall–Kier alpha value is -4.47. The molecule has 0 fully saturated rings. The molecule has 1 aromatic heterocycles. The van der Waals surface area contributed by atoms with Crippen LogP contribution in [-0.4, -0.2) is 84.7 Å². The molecular weight excluding hydrogens is 723 g/mol. The highest BCUT2D eigenvalue weighted by Crippen LogP contribution is 2.55. The van der Waals surface area contributed by atoms with Crippen molar-refractivity contribution in [1.29, 1.82) is 0 Å². The maximum Gasteiger partial charge on any atom is 0.462 e. The van der Waals surface area contributed by atoms with Crippen molar-refractivity contribution in [3.63, 3.8) is 0 Å². The van der Waals surface area contributed by atoms with E-state index in [0.717, 1.165) is 7.11 Å². The third kappa shape index (κ3) is 5.90. The second-order valence-electron chi connectivity index (χ2n) is 10.7. The number of carbonyl (C=O) groups excluding carboxylic acids is 2. The van der Waals surface area contributed by atoms with Crippen LogP contribution in [0.2, 0.25) is 0 Å². The lowest BCUT2D eigenvalue weighted by atomic mass is 9.87. The SMILES string of the molecule is COC(=O)[C@H]1Cc2c([nH]c3ccccc23)[C@@H](c2ccc3c(c2)OCO3)N1C(=O)COC(F)(F)C(F)(OC(F)(F)C(F)(F)C(F)(F)F)C(F)(F)F. The van der Waals surface area contributed by atoms with Gasteiger partial charge in [-0.1, -0.05) is 24.3 Å². The molecular formula is C28H19F13N2O7. The number of nitrogens with one attached hydrogen (secondary N) is 1. The molecule has 2 aliphatic heterocycles. The number of para-hydroxylation sites is 1. The van der Waals surface area contributed by atoms with Gasteiger partial charge in [0.15, 0.2) is 11.5 Å². The molecule has 0 aliphatic carbocycles. The van der Waals surface area contributed by atoms with Gasteiger partial charge in [0.2, 0.25) is 12.7 Å². The molecule has 1 N–H and O–H groups in total. The number of esters is 1. The fourth-order valence-electron chi connectivity index (χ4n) is 5.35. The molecule has 22 heteroatoms. The fraction of sp³-hybridized carbons (Fsp3) is 0.429. The summed E-state index contributed by atoms with van der Waals surface area (Å²) in [5.74, 6) is -17.9. The molecule has 2 aliphatic rings. The Bertz CT molecular complexity index is 1790. The first-order chi connectivity index (χ1) is 23.0. The molecule has 0 saturated carbocycles. The van der Waals surface area contributed by atoms with Crippen molar-refractivity contribution >= 4 is 22.8 Å². The van der Waals surface area contributed by atoms with Gasteiger partial charge in [-0.15, -0.1) is 0 Å².